The Bertz CT molecular complexity index is 677. The van der Waals surface area contributed by atoms with Crippen LogP contribution in [0.1, 0.15) is 12.0 Å². The van der Waals surface area contributed by atoms with Crippen molar-refractivity contribution in [1.82, 2.24) is 5.32 Å². The van der Waals surface area contributed by atoms with E-state index in [1.54, 1.807) is 18.2 Å². The number of aryl methyl sites for hydroxylation is 1. The number of anilines is 1. The third-order valence-electron chi connectivity index (χ3n) is 2.91. The van der Waals surface area contributed by atoms with Crippen LogP contribution in [0.15, 0.2) is 48.5 Å². The van der Waals surface area contributed by atoms with E-state index in [1.165, 1.54) is 0 Å². The molecular weight excluding hydrogens is 339 g/mol. The third-order valence-corrected chi connectivity index (χ3v) is 3.68. The maximum atomic E-state index is 11.9. The fourth-order valence-electron chi connectivity index (χ4n) is 1.84. The minimum atomic E-state index is -0.153. The van der Waals surface area contributed by atoms with Crippen molar-refractivity contribution in [1.29, 1.82) is 0 Å². The van der Waals surface area contributed by atoms with Crippen molar-refractivity contribution in [2.45, 2.75) is 12.8 Å². The SMILES string of the molecule is O=C(CCc1ccccc1)NC(=S)Nc1cc(Cl)ccc1Cl. The minimum absolute atomic E-state index is 0.153. The Morgan fingerprint density at radius 2 is 1.82 bits per heavy atom. The van der Waals surface area contributed by atoms with Gasteiger partial charge in [0.15, 0.2) is 5.11 Å². The molecule has 6 heteroatoms. The van der Waals surface area contributed by atoms with Gasteiger partial charge in [0.2, 0.25) is 5.91 Å². The van der Waals surface area contributed by atoms with E-state index in [2.05, 4.69) is 10.6 Å². The molecule has 0 spiro atoms. The molecule has 2 aromatic rings. The van der Waals surface area contributed by atoms with Gasteiger partial charge in [-0.05, 0) is 42.4 Å². The second kappa shape index (κ2) is 8.13. The lowest BCUT2D eigenvalue weighted by atomic mass is 10.1. The average Bonchev–Trinajstić information content (AvgIpc) is 2.50. The molecule has 0 aliphatic heterocycles. The van der Waals surface area contributed by atoms with Gasteiger partial charge >= 0.3 is 0 Å². The molecule has 0 aliphatic rings. The van der Waals surface area contributed by atoms with Gasteiger partial charge in [-0.15, -0.1) is 0 Å². The van der Waals surface area contributed by atoms with Gasteiger partial charge in [-0.1, -0.05) is 53.5 Å². The summed E-state index contributed by atoms with van der Waals surface area (Å²) in [6, 6.07) is 14.8. The van der Waals surface area contributed by atoms with Crippen LogP contribution in [0.25, 0.3) is 0 Å². The first-order valence-corrected chi connectivity index (χ1v) is 7.81. The molecule has 0 bridgehead atoms. The summed E-state index contributed by atoms with van der Waals surface area (Å²) in [5.41, 5.74) is 1.66. The van der Waals surface area contributed by atoms with Crippen molar-refractivity contribution < 1.29 is 4.79 Å². The summed E-state index contributed by atoms with van der Waals surface area (Å²) in [5.74, 6) is -0.153. The molecule has 2 rings (SSSR count). The van der Waals surface area contributed by atoms with E-state index in [4.69, 9.17) is 35.4 Å². The van der Waals surface area contributed by atoms with Gasteiger partial charge in [-0.25, -0.2) is 0 Å². The molecule has 1 amide bonds. The van der Waals surface area contributed by atoms with Crippen molar-refractivity contribution in [2.75, 3.05) is 5.32 Å². The quantitative estimate of drug-likeness (QED) is 0.799. The normalized spacial score (nSPS) is 10.1. The molecule has 0 unspecified atom stereocenters. The molecule has 0 atom stereocenters. The lowest BCUT2D eigenvalue weighted by Crippen LogP contribution is -2.34. The van der Waals surface area contributed by atoms with Crippen molar-refractivity contribution in [3.63, 3.8) is 0 Å². The lowest BCUT2D eigenvalue weighted by Gasteiger charge is -2.11. The monoisotopic (exact) mass is 352 g/mol. The fourth-order valence-corrected chi connectivity index (χ4v) is 2.40. The molecule has 0 heterocycles. The Labute approximate surface area is 144 Å². The molecule has 0 fully saturated rings. The highest BCUT2D eigenvalue weighted by molar-refractivity contribution is 7.80. The van der Waals surface area contributed by atoms with Crippen molar-refractivity contribution >= 4 is 52.1 Å². The molecule has 0 saturated carbocycles. The highest BCUT2D eigenvalue weighted by Crippen LogP contribution is 2.25. The Morgan fingerprint density at radius 1 is 1.09 bits per heavy atom. The predicted molar refractivity (Wildman–Crippen MR) is 95.6 cm³/mol. The number of hydrogen-bond donors (Lipinski definition) is 2. The van der Waals surface area contributed by atoms with Gasteiger partial charge in [0.1, 0.15) is 0 Å². The van der Waals surface area contributed by atoms with Gasteiger partial charge in [-0.2, -0.15) is 0 Å². The zero-order valence-electron chi connectivity index (χ0n) is 11.6. The number of amides is 1. The Kier molecular flexibility index (Phi) is 6.19. The number of carbonyl (C=O) groups is 1. The van der Waals surface area contributed by atoms with Crippen LogP contribution in [0.2, 0.25) is 10.0 Å². The molecule has 2 aromatic carbocycles. The first-order valence-electron chi connectivity index (χ1n) is 6.64. The Balaban J connectivity index is 1.84. The van der Waals surface area contributed by atoms with E-state index in [0.717, 1.165) is 5.56 Å². The maximum Gasteiger partial charge on any atom is 0.226 e. The molecule has 22 heavy (non-hydrogen) atoms. The highest BCUT2D eigenvalue weighted by Gasteiger charge is 2.07. The van der Waals surface area contributed by atoms with Gasteiger partial charge in [-0.3, -0.25) is 4.79 Å². The molecule has 114 valence electrons. The summed E-state index contributed by atoms with van der Waals surface area (Å²) in [7, 11) is 0. The molecule has 0 aromatic heterocycles. The number of rotatable bonds is 4. The Hall–Kier alpha value is -1.62. The third kappa shape index (κ3) is 5.30. The molecule has 2 N–H and O–H groups in total. The summed E-state index contributed by atoms with van der Waals surface area (Å²) in [6.45, 7) is 0. The van der Waals surface area contributed by atoms with Crippen LogP contribution < -0.4 is 10.6 Å². The molecule has 0 aliphatic carbocycles. The number of halogens is 2. The van der Waals surface area contributed by atoms with Gasteiger partial charge < -0.3 is 10.6 Å². The molecular formula is C16H14Cl2N2OS. The van der Waals surface area contributed by atoms with E-state index in [-0.39, 0.29) is 11.0 Å². The van der Waals surface area contributed by atoms with Crippen LogP contribution in [0.5, 0.6) is 0 Å². The topological polar surface area (TPSA) is 41.1 Å². The van der Waals surface area contributed by atoms with Crippen LogP contribution in [0.4, 0.5) is 5.69 Å². The zero-order valence-corrected chi connectivity index (χ0v) is 13.9. The van der Waals surface area contributed by atoms with Crippen molar-refractivity contribution in [3.05, 3.63) is 64.1 Å². The van der Waals surface area contributed by atoms with E-state index in [9.17, 15) is 4.79 Å². The predicted octanol–water partition coefficient (Wildman–Crippen LogP) is 4.44. The van der Waals surface area contributed by atoms with E-state index in [1.807, 2.05) is 30.3 Å². The number of carbonyl (C=O) groups excluding carboxylic acids is 1. The summed E-state index contributed by atoms with van der Waals surface area (Å²) in [4.78, 5) is 11.9. The molecule has 0 radical (unpaired) electrons. The van der Waals surface area contributed by atoms with Gasteiger partial charge in [0.05, 0.1) is 10.7 Å². The molecule has 0 saturated heterocycles. The number of thiocarbonyl (C=S) groups is 1. The van der Waals surface area contributed by atoms with Crippen molar-refractivity contribution in [2.24, 2.45) is 0 Å². The second-order valence-electron chi connectivity index (χ2n) is 4.61. The fraction of sp³-hybridized carbons (Fsp3) is 0.125. The van der Waals surface area contributed by atoms with Crippen molar-refractivity contribution in [3.8, 4) is 0 Å². The first-order chi connectivity index (χ1) is 10.5. The molecule has 3 nitrogen and oxygen atoms in total. The first kappa shape index (κ1) is 16.7. The summed E-state index contributed by atoms with van der Waals surface area (Å²) < 4.78 is 0. The lowest BCUT2D eigenvalue weighted by molar-refractivity contribution is -0.119. The maximum absolute atomic E-state index is 11.9. The highest BCUT2D eigenvalue weighted by atomic mass is 35.5. The van der Waals surface area contributed by atoms with Crippen LogP contribution in [0.3, 0.4) is 0 Å². The van der Waals surface area contributed by atoms with Crippen LogP contribution >= 0.6 is 35.4 Å². The minimum Gasteiger partial charge on any atom is -0.331 e. The smallest absolute Gasteiger partial charge is 0.226 e. The zero-order chi connectivity index (χ0) is 15.9. The standard InChI is InChI=1S/C16H14Cl2N2OS/c17-12-7-8-13(18)14(10-12)19-16(22)20-15(21)9-6-11-4-2-1-3-5-11/h1-5,7-8,10H,6,9H2,(H2,19,20,21,22). The largest absolute Gasteiger partial charge is 0.331 e. The number of nitrogens with one attached hydrogen (secondary N) is 2. The summed E-state index contributed by atoms with van der Waals surface area (Å²) >= 11 is 17.0. The van der Waals surface area contributed by atoms with Crippen LogP contribution in [0, 0.1) is 0 Å². The summed E-state index contributed by atoms with van der Waals surface area (Å²) in [5, 5.41) is 6.69. The Morgan fingerprint density at radius 3 is 2.55 bits per heavy atom. The van der Waals surface area contributed by atoms with Crippen LogP contribution in [-0.2, 0) is 11.2 Å². The van der Waals surface area contributed by atoms with Crippen LogP contribution in [-0.4, -0.2) is 11.0 Å². The number of hydrogen-bond acceptors (Lipinski definition) is 2. The van der Waals surface area contributed by atoms with E-state index < -0.39 is 0 Å². The average molecular weight is 353 g/mol. The van der Waals surface area contributed by atoms with Gasteiger partial charge in [0.25, 0.3) is 0 Å². The number of benzene rings is 2. The summed E-state index contributed by atoms with van der Waals surface area (Å²) in [6.07, 6.45) is 1.02. The van der Waals surface area contributed by atoms with E-state index >= 15 is 0 Å². The van der Waals surface area contributed by atoms with Gasteiger partial charge in [0, 0.05) is 11.4 Å². The van der Waals surface area contributed by atoms with E-state index in [0.29, 0.717) is 28.6 Å². The second-order valence-corrected chi connectivity index (χ2v) is 5.86.